The summed E-state index contributed by atoms with van der Waals surface area (Å²) in [6.45, 7) is 6.10. The van der Waals surface area contributed by atoms with Crippen LogP contribution in [0.5, 0.6) is 0 Å². The number of thiophene rings is 1. The SMILES string of the molecule is C=CCn1c(=NC(=O)CS(=O)(=O)CC(=O)Nc2sc3c(c2C(=O)OC)CCCCC3)sc2cc(C)ccc21. The van der Waals surface area contributed by atoms with E-state index in [0.29, 0.717) is 17.8 Å². The Morgan fingerprint density at radius 2 is 1.92 bits per heavy atom. The molecular weight excluding hydrogens is 547 g/mol. The number of sulfone groups is 1. The number of thiazole rings is 1. The molecule has 0 saturated carbocycles. The Morgan fingerprint density at radius 3 is 2.66 bits per heavy atom. The molecular formula is C26H29N3O6S3. The lowest BCUT2D eigenvalue weighted by molar-refractivity contribution is -0.115. The van der Waals surface area contributed by atoms with E-state index in [9.17, 15) is 22.8 Å². The van der Waals surface area contributed by atoms with Gasteiger partial charge in [0.05, 0.1) is 22.9 Å². The maximum absolute atomic E-state index is 12.7. The van der Waals surface area contributed by atoms with Gasteiger partial charge in [0.25, 0.3) is 5.91 Å². The predicted octanol–water partition coefficient (Wildman–Crippen LogP) is 3.80. The molecule has 1 N–H and O–H groups in total. The largest absolute Gasteiger partial charge is 0.465 e. The van der Waals surface area contributed by atoms with Gasteiger partial charge in [0.15, 0.2) is 14.6 Å². The molecule has 0 radical (unpaired) electrons. The van der Waals surface area contributed by atoms with Crippen LogP contribution in [0.15, 0.2) is 35.8 Å². The van der Waals surface area contributed by atoms with E-state index in [-0.39, 0.29) is 10.6 Å². The first-order valence-electron chi connectivity index (χ1n) is 12.1. The molecule has 9 nitrogen and oxygen atoms in total. The zero-order chi connectivity index (χ0) is 27.4. The molecule has 202 valence electrons. The van der Waals surface area contributed by atoms with Gasteiger partial charge in [-0.2, -0.15) is 4.99 Å². The summed E-state index contributed by atoms with van der Waals surface area (Å²) in [6.07, 6.45) is 6.11. The fourth-order valence-electron chi connectivity index (χ4n) is 4.46. The van der Waals surface area contributed by atoms with Crippen molar-refractivity contribution in [2.75, 3.05) is 23.9 Å². The van der Waals surface area contributed by atoms with E-state index < -0.39 is 39.1 Å². The van der Waals surface area contributed by atoms with Crippen LogP contribution in [0.4, 0.5) is 5.00 Å². The molecule has 0 spiro atoms. The molecule has 2 aromatic heterocycles. The minimum atomic E-state index is -4.12. The Morgan fingerprint density at radius 1 is 1.16 bits per heavy atom. The zero-order valence-electron chi connectivity index (χ0n) is 21.2. The molecule has 0 bridgehead atoms. The number of ether oxygens (including phenoxy) is 1. The highest BCUT2D eigenvalue weighted by Gasteiger charge is 2.28. The number of nitrogens with one attached hydrogen (secondary N) is 1. The average molecular weight is 576 g/mol. The van der Waals surface area contributed by atoms with Crippen LogP contribution < -0.4 is 10.1 Å². The Labute approximate surface area is 228 Å². The molecule has 4 rings (SSSR count). The molecule has 0 aliphatic heterocycles. The molecule has 38 heavy (non-hydrogen) atoms. The molecule has 1 aromatic carbocycles. The predicted molar refractivity (Wildman–Crippen MR) is 150 cm³/mol. The number of hydrogen-bond donors (Lipinski definition) is 1. The van der Waals surface area contributed by atoms with Crippen LogP contribution >= 0.6 is 22.7 Å². The summed E-state index contributed by atoms with van der Waals surface area (Å²) < 4.78 is 33.1. The second-order valence-corrected chi connectivity index (χ2v) is 13.3. The van der Waals surface area contributed by atoms with Gasteiger partial charge in [-0.15, -0.1) is 17.9 Å². The van der Waals surface area contributed by atoms with Gasteiger partial charge in [0, 0.05) is 11.4 Å². The summed E-state index contributed by atoms with van der Waals surface area (Å²) >= 11 is 2.56. The van der Waals surface area contributed by atoms with Gasteiger partial charge in [0.1, 0.15) is 16.5 Å². The maximum atomic E-state index is 12.7. The van der Waals surface area contributed by atoms with Gasteiger partial charge in [-0.05, 0) is 55.9 Å². The standard InChI is InChI=1S/C26H29N3O6S3/c1-4-12-29-18-11-10-16(2)13-20(18)37-26(29)28-22(31)15-38(33,34)14-21(30)27-24-23(25(32)35-3)17-8-6-5-7-9-19(17)36-24/h4,10-11,13H,1,5-9,12,14-15H2,2-3H3,(H,27,30). The number of benzene rings is 1. The van der Waals surface area contributed by atoms with Crippen molar-refractivity contribution in [2.45, 2.75) is 45.6 Å². The Balaban J connectivity index is 1.51. The van der Waals surface area contributed by atoms with E-state index in [4.69, 9.17) is 4.74 Å². The fraction of sp³-hybridized carbons (Fsp3) is 0.385. The molecule has 2 heterocycles. The third-order valence-corrected chi connectivity index (χ3v) is 9.77. The molecule has 0 unspecified atom stereocenters. The molecule has 1 aliphatic carbocycles. The summed E-state index contributed by atoms with van der Waals surface area (Å²) in [4.78, 5) is 43.2. The highest BCUT2D eigenvalue weighted by Crippen LogP contribution is 2.38. The molecule has 0 fully saturated rings. The number of methoxy groups -OCH3 is 1. The number of hydrogen-bond acceptors (Lipinski definition) is 8. The molecule has 0 atom stereocenters. The third-order valence-electron chi connectivity index (χ3n) is 6.13. The average Bonchev–Trinajstić information content (AvgIpc) is 3.24. The highest BCUT2D eigenvalue weighted by atomic mass is 32.2. The van der Waals surface area contributed by atoms with Crippen LogP contribution in [0.25, 0.3) is 10.2 Å². The van der Waals surface area contributed by atoms with Crippen LogP contribution in [0.3, 0.4) is 0 Å². The summed E-state index contributed by atoms with van der Waals surface area (Å²) in [7, 11) is -2.85. The lowest BCUT2D eigenvalue weighted by Gasteiger charge is -2.07. The number of anilines is 1. The van der Waals surface area contributed by atoms with E-state index in [1.807, 2.05) is 25.1 Å². The van der Waals surface area contributed by atoms with Gasteiger partial charge in [-0.1, -0.05) is 29.9 Å². The minimum absolute atomic E-state index is 0.283. The normalized spacial score (nSPS) is 14.1. The van der Waals surface area contributed by atoms with E-state index in [0.717, 1.165) is 51.9 Å². The van der Waals surface area contributed by atoms with Gasteiger partial charge in [-0.25, -0.2) is 13.2 Å². The zero-order valence-corrected chi connectivity index (χ0v) is 23.7. The van der Waals surface area contributed by atoms with E-state index in [2.05, 4.69) is 16.9 Å². The van der Waals surface area contributed by atoms with E-state index in [1.54, 1.807) is 10.6 Å². The van der Waals surface area contributed by atoms with Crippen LogP contribution in [-0.2, 0) is 43.5 Å². The third kappa shape index (κ3) is 6.30. The minimum Gasteiger partial charge on any atom is -0.465 e. The number of carbonyl (C=O) groups is 3. The van der Waals surface area contributed by atoms with Gasteiger partial charge in [0.2, 0.25) is 5.91 Å². The Bertz CT molecular complexity index is 1590. The topological polar surface area (TPSA) is 124 Å². The van der Waals surface area contributed by atoms with Crippen LogP contribution in [0, 0.1) is 6.92 Å². The number of allylic oxidation sites excluding steroid dienone is 1. The van der Waals surface area contributed by atoms with Crippen molar-refractivity contribution in [1.82, 2.24) is 4.57 Å². The highest BCUT2D eigenvalue weighted by molar-refractivity contribution is 7.92. The Hall–Kier alpha value is -3.09. The first-order chi connectivity index (χ1) is 18.1. The van der Waals surface area contributed by atoms with E-state index in [1.165, 1.54) is 29.8 Å². The van der Waals surface area contributed by atoms with Crippen molar-refractivity contribution in [2.24, 2.45) is 4.99 Å². The van der Waals surface area contributed by atoms with Crippen molar-refractivity contribution in [1.29, 1.82) is 0 Å². The number of rotatable bonds is 8. The lowest BCUT2D eigenvalue weighted by Crippen LogP contribution is -2.28. The first kappa shape index (κ1) is 27.9. The summed E-state index contributed by atoms with van der Waals surface area (Å²) in [5, 5.41) is 2.86. The van der Waals surface area contributed by atoms with Crippen molar-refractivity contribution in [3.63, 3.8) is 0 Å². The quantitative estimate of drug-likeness (QED) is 0.248. The summed E-state index contributed by atoms with van der Waals surface area (Å²) in [5.41, 5.74) is 3.06. The maximum Gasteiger partial charge on any atom is 0.341 e. The van der Waals surface area contributed by atoms with Gasteiger partial charge >= 0.3 is 5.97 Å². The van der Waals surface area contributed by atoms with Crippen LogP contribution in [0.2, 0.25) is 0 Å². The molecule has 0 saturated heterocycles. The molecule has 1 aliphatic rings. The number of carbonyl (C=O) groups excluding carboxylic acids is 3. The van der Waals surface area contributed by atoms with E-state index >= 15 is 0 Å². The number of esters is 1. The number of aromatic nitrogens is 1. The number of nitrogens with zero attached hydrogens (tertiary/aromatic N) is 2. The van der Waals surface area contributed by atoms with Crippen molar-refractivity contribution in [3.8, 4) is 0 Å². The second-order valence-electron chi connectivity index (χ2n) is 9.10. The number of aryl methyl sites for hydroxylation is 2. The monoisotopic (exact) mass is 575 g/mol. The number of fused-ring (bicyclic) bond motifs is 2. The van der Waals surface area contributed by atoms with Crippen LogP contribution in [-0.4, -0.2) is 49.4 Å². The van der Waals surface area contributed by atoms with Crippen molar-refractivity contribution < 1.29 is 27.5 Å². The fourth-order valence-corrected chi connectivity index (χ4v) is 7.92. The second kappa shape index (κ2) is 11.7. The first-order valence-corrected chi connectivity index (χ1v) is 15.6. The molecule has 12 heteroatoms. The Kier molecular flexibility index (Phi) is 8.64. The lowest BCUT2D eigenvalue weighted by atomic mass is 10.1. The van der Waals surface area contributed by atoms with Gasteiger partial charge < -0.3 is 14.6 Å². The van der Waals surface area contributed by atoms with Crippen molar-refractivity contribution in [3.05, 3.63) is 57.2 Å². The number of amides is 2. The molecule has 3 aromatic rings. The van der Waals surface area contributed by atoms with Crippen LogP contribution in [0.1, 0.15) is 45.6 Å². The van der Waals surface area contributed by atoms with Crippen molar-refractivity contribution >= 4 is 65.5 Å². The molecule has 2 amide bonds. The smallest absolute Gasteiger partial charge is 0.341 e. The summed E-state index contributed by atoms with van der Waals surface area (Å²) in [6, 6.07) is 5.83. The summed E-state index contributed by atoms with van der Waals surface area (Å²) in [5.74, 6) is -4.07. The van der Waals surface area contributed by atoms with Gasteiger partial charge in [-0.3, -0.25) is 9.59 Å².